The highest BCUT2D eigenvalue weighted by Gasteiger charge is 2.39. The first-order valence-electron chi connectivity index (χ1n) is 6.69. The molecular weight excluding hydrogens is 246 g/mol. The van der Waals surface area contributed by atoms with Crippen molar-refractivity contribution in [3.8, 4) is 0 Å². The van der Waals surface area contributed by atoms with Crippen molar-refractivity contribution in [1.29, 1.82) is 0 Å². The first-order valence-corrected chi connectivity index (χ1v) is 6.69. The standard InChI is InChI=1S/C15H24F2N2/c1-6-15(7-2,19(4)5)14(18)12-11(16)9-8-10(3)13(12)17/h8-9,14H,6-7,18H2,1-5H3. The summed E-state index contributed by atoms with van der Waals surface area (Å²) in [6.45, 7) is 5.62. The Labute approximate surface area is 114 Å². The molecule has 0 fully saturated rings. The Balaban J connectivity index is 3.40. The van der Waals surface area contributed by atoms with Gasteiger partial charge in [0.2, 0.25) is 0 Å². The van der Waals surface area contributed by atoms with Crippen molar-refractivity contribution in [2.75, 3.05) is 14.1 Å². The van der Waals surface area contributed by atoms with E-state index in [9.17, 15) is 8.78 Å². The molecule has 1 atom stereocenters. The van der Waals surface area contributed by atoms with Gasteiger partial charge in [0.1, 0.15) is 11.6 Å². The molecular formula is C15H24F2N2. The molecule has 0 heterocycles. The molecule has 19 heavy (non-hydrogen) atoms. The van der Waals surface area contributed by atoms with E-state index in [2.05, 4.69) is 0 Å². The van der Waals surface area contributed by atoms with E-state index < -0.39 is 23.2 Å². The van der Waals surface area contributed by atoms with Crippen LogP contribution in [0.15, 0.2) is 12.1 Å². The molecule has 0 aromatic heterocycles. The van der Waals surface area contributed by atoms with Crippen LogP contribution in [0.5, 0.6) is 0 Å². The molecule has 0 amide bonds. The zero-order chi connectivity index (χ0) is 14.8. The van der Waals surface area contributed by atoms with Crippen LogP contribution < -0.4 is 5.73 Å². The van der Waals surface area contributed by atoms with E-state index in [4.69, 9.17) is 5.73 Å². The van der Waals surface area contributed by atoms with Crippen LogP contribution in [0.1, 0.15) is 43.9 Å². The SMILES string of the molecule is CCC(CC)(C(N)c1c(F)ccc(C)c1F)N(C)C. The molecule has 0 aliphatic carbocycles. The minimum absolute atomic E-state index is 0.00241. The van der Waals surface area contributed by atoms with Gasteiger partial charge in [-0.3, -0.25) is 0 Å². The van der Waals surface area contributed by atoms with Crippen LogP contribution in [-0.4, -0.2) is 24.5 Å². The Hall–Kier alpha value is -1.00. The van der Waals surface area contributed by atoms with E-state index in [1.54, 1.807) is 6.92 Å². The average Bonchev–Trinajstić information content (AvgIpc) is 2.36. The lowest BCUT2D eigenvalue weighted by molar-refractivity contribution is 0.102. The Kier molecular flexibility index (Phi) is 5.04. The molecule has 0 saturated carbocycles. The van der Waals surface area contributed by atoms with Gasteiger partial charge in [-0.05, 0) is 45.5 Å². The molecule has 1 aromatic carbocycles. The molecule has 0 aliphatic rings. The molecule has 0 aliphatic heterocycles. The van der Waals surface area contributed by atoms with Gasteiger partial charge in [0.05, 0.1) is 6.04 Å². The fourth-order valence-electron chi connectivity index (χ4n) is 2.83. The summed E-state index contributed by atoms with van der Waals surface area (Å²) in [6, 6.07) is 2.03. The maximum absolute atomic E-state index is 14.2. The molecule has 0 bridgehead atoms. The van der Waals surface area contributed by atoms with E-state index in [1.807, 2.05) is 32.8 Å². The van der Waals surface area contributed by atoms with Crippen LogP contribution >= 0.6 is 0 Å². The second kappa shape index (κ2) is 5.97. The number of hydrogen-bond acceptors (Lipinski definition) is 2. The molecule has 2 N–H and O–H groups in total. The topological polar surface area (TPSA) is 29.3 Å². The lowest BCUT2D eigenvalue weighted by Crippen LogP contribution is -2.52. The summed E-state index contributed by atoms with van der Waals surface area (Å²) >= 11 is 0. The predicted molar refractivity (Wildman–Crippen MR) is 75.0 cm³/mol. The molecule has 0 spiro atoms. The molecule has 0 saturated heterocycles. The largest absolute Gasteiger partial charge is 0.322 e. The first-order chi connectivity index (χ1) is 8.81. The lowest BCUT2D eigenvalue weighted by atomic mass is 9.79. The van der Waals surface area contributed by atoms with Crippen molar-refractivity contribution in [3.63, 3.8) is 0 Å². The van der Waals surface area contributed by atoms with E-state index in [0.717, 1.165) is 12.8 Å². The van der Waals surface area contributed by atoms with Gasteiger partial charge >= 0.3 is 0 Å². The van der Waals surface area contributed by atoms with E-state index in [0.29, 0.717) is 5.56 Å². The van der Waals surface area contributed by atoms with Crippen LogP contribution in [0.3, 0.4) is 0 Å². The minimum Gasteiger partial charge on any atom is -0.322 e. The van der Waals surface area contributed by atoms with Crippen molar-refractivity contribution in [2.24, 2.45) is 5.73 Å². The summed E-state index contributed by atoms with van der Waals surface area (Å²) < 4.78 is 28.2. The second-order valence-electron chi connectivity index (χ2n) is 5.27. The summed E-state index contributed by atoms with van der Waals surface area (Å²) in [5, 5.41) is 0. The molecule has 0 radical (unpaired) electrons. The van der Waals surface area contributed by atoms with Crippen LogP contribution in [0.2, 0.25) is 0 Å². The fraction of sp³-hybridized carbons (Fsp3) is 0.600. The zero-order valence-electron chi connectivity index (χ0n) is 12.4. The number of halogens is 2. The predicted octanol–water partition coefficient (Wildman–Crippen LogP) is 3.39. The van der Waals surface area contributed by atoms with Crippen LogP contribution in [0, 0.1) is 18.6 Å². The van der Waals surface area contributed by atoms with E-state index in [-0.39, 0.29) is 5.56 Å². The smallest absolute Gasteiger partial charge is 0.133 e. The summed E-state index contributed by atoms with van der Waals surface area (Å²) in [7, 11) is 3.80. The third-order valence-corrected chi connectivity index (χ3v) is 4.32. The van der Waals surface area contributed by atoms with Crippen molar-refractivity contribution in [2.45, 2.75) is 45.2 Å². The Morgan fingerprint density at radius 2 is 1.74 bits per heavy atom. The van der Waals surface area contributed by atoms with Crippen molar-refractivity contribution >= 4 is 0 Å². The summed E-state index contributed by atoms with van der Waals surface area (Å²) in [5.41, 5.74) is 6.22. The maximum Gasteiger partial charge on any atom is 0.133 e. The molecule has 4 heteroatoms. The van der Waals surface area contributed by atoms with Gasteiger partial charge in [0, 0.05) is 11.1 Å². The number of likely N-dealkylation sites (N-methyl/N-ethyl adjacent to an activating group) is 1. The van der Waals surface area contributed by atoms with Gasteiger partial charge in [-0.25, -0.2) is 8.78 Å². The molecule has 1 aromatic rings. The lowest BCUT2D eigenvalue weighted by Gasteiger charge is -2.43. The normalized spacial score (nSPS) is 13.9. The fourth-order valence-corrected chi connectivity index (χ4v) is 2.83. The minimum atomic E-state index is -0.697. The highest BCUT2D eigenvalue weighted by molar-refractivity contribution is 5.31. The Morgan fingerprint density at radius 1 is 1.21 bits per heavy atom. The Bertz CT molecular complexity index is 440. The maximum atomic E-state index is 14.2. The summed E-state index contributed by atoms with van der Waals surface area (Å²) in [5.74, 6) is -1.09. The quantitative estimate of drug-likeness (QED) is 0.888. The van der Waals surface area contributed by atoms with Crippen molar-refractivity contribution < 1.29 is 8.78 Å². The zero-order valence-corrected chi connectivity index (χ0v) is 12.4. The molecule has 1 unspecified atom stereocenters. The van der Waals surface area contributed by atoms with Gasteiger partial charge in [-0.2, -0.15) is 0 Å². The molecule has 1 rings (SSSR count). The van der Waals surface area contributed by atoms with Crippen molar-refractivity contribution in [1.82, 2.24) is 4.90 Å². The van der Waals surface area contributed by atoms with Gasteiger partial charge < -0.3 is 10.6 Å². The first kappa shape index (κ1) is 16.1. The van der Waals surface area contributed by atoms with Crippen LogP contribution in [0.25, 0.3) is 0 Å². The monoisotopic (exact) mass is 270 g/mol. The third-order valence-electron chi connectivity index (χ3n) is 4.32. The van der Waals surface area contributed by atoms with Gasteiger partial charge in [-0.1, -0.05) is 19.9 Å². The molecule has 108 valence electrons. The number of benzene rings is 1. The van der Waals surface area contributed by atoms with Crippen LogP contribution in [0.4, 0.5) is 8.78 Å². The summed E-state index contributed by atoms with van der Waals surface area (Å²) in [4.78, 5) is 1.97. The molecule has 2 nitrogen and oxygen atoms in total. The summed E-state index contributed by atoms with van der Waals surface area (Å²) in [6.07, 6.45) is 1.45. The van der Waals surface area contributed by atoms with E-state index >= 15 is 0 Å². The highest BCUT2D eigenvalue weighted by atomic mass is 19.1. The number of rotatable bonds is 5. The van der Waals surface area contributed by atoms with Gasteiger partial charge in [0.25, 0.3) is 0 Å². The number of hydrogen-bond donors (Lipinski definition) is 1. The highest BCUT2D eigenvalue weighted by Crippen LogP contribution is 2.36. The average molecular weight is 270 g/mol. The number of aryl methyl sites for hydroxylation is 1. The van der Waals surface area contributed by atoms with Gasteiger partial charge in [0.15, 0.2) is 0 Å². The van der Waals surface area contributed by atoms with Gasteiger partial charge in [-0.15, -0.1) is 0 Å². The third kappa shape index (κ3) is 2.65. The van der Waals surface area contributed by atoms with Crippen LogP contribution in [-0.2, 0) is 0 Å². The Morgan fingerprint density at radius 3 is 2.16 bits per heavy atom. The number of nitrogens with zero attached hydrogens (tertiary/aromatic N) is 1. The van der Waals surface area contributed by atoms with Crippen molar-refractivity contribution in [3.05, 3.63) is 34.9 Å². The van der Waals surface area contributed by atoms with E-state index in [1.165, 1.54) is 12.1 Å². The number of nitrogens with two attached hydrogens (primary N) is 1. The second-order valence-corrected chi connectivity index (χ2v) is 5.27.